The Labute approximate surface area is 145 Å². The number of Topliss-reactive ketones (excluding diaryl/α,β-unsaturated/α-hetero) is 1. The van der Waals surface area contributed by atoms with Crippen LogP contribution in [0.3, 0.4) is 0 Å². The molecule has 0 saturated heterocycles. The Hall–Kier alpha value is -0.860. The molecule has 2 aliphatic carbocycles. The van der Waals surface area contributed by atoms with E-state index in [-0.39, 0.29) is 23.0 Å². The highest BCUT2D eigenvalue weighted by molar-refractivity contribution is 5.88. The van der Waals surface area contributed by atoms with Crippen LogP contribution in [0.25, 0.3) is 0 Å². The Kier molecular flexibility index (Phi) is 4.13. The molecule has 2 saturated carbocycles. The van der Waals surface area contributed by atoms with Crippen LogP contribution in [-0.2, 0) is 9.59 Å². The molecule has 0 aromatic carbocycles. The summed E-state index contributed by atoms with van der Waals surface area (Å²) in [6.07, 6.45) is 6.26. The fraction of sp³-hybridized carbons (Fsp3) is 0.900. The minimum atomic E-state index is -2.64. The Balaban J connectivity index is 2.18. The molecular weight excluding hydrogens is 288 g/mol. The van der Waals surface area contributed by atoms with Gasteiger partial charge in [0.05, 0.1) is 5.92 Å². The van der Waals surface area contributed by atoms with Gasteiger partial charge in [-0.15, -0.1) is 0 Å². The first-order valence-corrected chi connectivity index (χ1v) is 9.02. The van der Waals surface area contributed by atoms with Gasteiger partial charge in [-0.05, 0) is 61.7 Å². The van der Waals surface area contributed by atoms with Crippen LogP contribution in [0.1, 0.15) is 83.6 Å². The number of carboxylic acids is 1. The van der Waals surface area contributed by atoms with Crippen LogP contribution in [0.15, 0.2) is 0 Å². The van der Waals surface area contributed by atoms with Crippen LogP contribution in [0, 0.1) is 34.5 Å². The van der Waals surface area contributed by atoms with E-state index in [1.807, 2.05) is 0 Å². The standard InChI is InChI=1S/C20H34O3/c1-13-6-7-15(14(2)18(22)23)17(21)16(13)12-20(5)10-8-19(3,4)9-11-20/h13-16H,6-12H2,1-5H3,(H,22,23)/t13-,14-,15+,16+/m1/s1/i2D3. The second-order valence-corrected chi connectivity index (χ2v) is 9.16. The van der Waals surface area contributed by atoms with E-state index in [4.69, 9.17) is 4.11 Å². The van der Waals surface area contributed by atoms with E-state index in [2.05, 4.69) is 27.7 Å². The van der Waals surface area contributed by atoms with E-state index in [0.717, 1.165) is 38.5 Å². The first-order chi connectivity index (χ1) is 11.8. The first-order valence-electron chi connectivity index (χ1n) is 10.5. The second kappa shape index (κ2) is 6.57. The van der Waals surface area contributed by atoms with Gasteiger partial charge < -0.3 is 5.11 Å². The summed E-state index contributed by atoms with van der Waals surface area (Å²) in [5, 5.41) is 9.45. The van der Waals surface area contributed by atoms with Crippen molar-refractivity contribution in [3.8, 4) is 0 Å². The fourth-order valence-electron chi connectivity index (χ4n) is 4.41. The van der Waals surface area contributed by atoms with Crippen LogP contribution in [0.4, 0.5) is 0 Å². The molecule has 0 radical (unpaired) electrons. The number of aliphatic carboxylic acids is 1. The average molecular weight is 326 g/mol. The molecule has 0 heterocycles. The zero-order valence-electron chi connectivity index (χ0n) is 18.0. The average Bonchev–Trinajstić information content (AvgIpc) is 2.48. The highest BCUT2D eigenvalue weighted by atomic mass is 16.4. The van der Waals surface area contributed by atoms with Gasteiger partial charge in [-0.1, -0.05) is 34.5 Å². The Morgan fingerprint density at radius 3 is 2.39 bits per heavy atom. The maximum absolute atomic E-state index is 13.2. The quantitative estimate of drug-likeness (QED) is 0.797. The molecule has 0 aromatic heterocycles. The summed E-state index contributed by atoms with van der Waals surface area (Å²) in [6, 6.07) is 0. The molecule has 4 atom stereocenters. The largest absolute Gasteiger partial charge is 0.481 e. The Bertz CT molecular complexity index is 543. The molecule has 23 heavy (non-hydrogen) atoms. The predicted octanol–water partition coefficient (Wildman–Crippen LogP) is 4.94. The van der Waals surface area contributed by atoms with Crippen molar-refractivity contribution in [1.29, 1.82) is 0 Å². The monoisotopic (exact) mass is 325 g/mol. The number of carbonyl (C=O) groups is 2. The third-order valence-electron chi connectivity index (χ3n) is 6.54. The maximum Gasteiger partial charge on any atom is 0.306 e. The molecule has 0 aliphatic heterocycles. The molecule has 0 bridgehead atoms. The fourth-order valence-corrected chi connectivity index (χ4v) is 4.41. The first kappa shape index (κ1) is 14.5. The summed E-state index contributed by atoms with van der Waals surface area (Å²) in [4.78, 5) is 24.7. The van der Waals surface area contributed by atoms with E-state index in [1.54, 1.807) is 0 Å². The summed E-state index contributed by atoms with van der Waals surface area (Å²) in [6.45, 7) is 6.22. The summed E-state index contributed by atoms with van der Waals surface area (Å²) < 4.78 is 22.8. The lowest BCUT2D eigenvalue weighted by Gasteiger charge is -2.45. The molecular formula is C20H34O3. The van der Waals surface area contributed by atoms with Crippen molar-refractivity contribution >= 4 is 11.8 Å². The zero-order chi connectivity index (χ0) is 19.9. The highest BCUT2D eigenvalue weighted by Crippen LogP contribution is 2.50. The van der Waals surface area contributed by atoms with Gasteiger partial charge in [0.15, 0.2) is 0 Å². The topological polar surface area (TPSA) is 54.4 Å². The van der Waals surface area contributed by atoms with Crippen LogP contribution < -0.4 is 0 Å². The lowest BCUT2D eigenvalue weighted by atomic mass is 9.59. The molecule has 0 amide bonds. The molecule has 3 heteroatoms. The van der Waals surface area contributed by atoms with Gasteiger partial charge in [0.1, 0.15) is 5.78 Å². The van der Waals surface area contributed by atoms with Gasteiger partial charge in [-0.3, -0.25) is 9.59 Å². The number of carboxylic acid groups (broad SMARTS) is 1. The van der Waals surface area contributed by atoms with Crippen molar-refractivity contribution < 1.29 is 18.8 Å². The highest BCUT2D eigenvalue weighted by Gasteiger charge is 2.44. The smallest absolute Gasteiger partial charge is 0.306 e. The molecule has 0 aromatic rings. The lowest BCUT2D eigenvalue weighted by molar-refractivity contribution is -0.149. The third-order valence-corrected chi connectivity index (χ3v) is 6.54. The summed E-state index contributed by atoms with van der Waals surface area (Å²) >= 11 is 0. The third kappa shape index (κ3) is 4.16. The SMILES string of the molecule is [2H]C([2H])([2H])[C@@H](C(=O)O)[C@@H]1CC[C@@H](C)[C@H](CC2(C)CCC(C)(C)CC2)C1=O. The van der Waals surface area contributed by atoms with E-state index in [1.165, 1.54) is 0 Å². The molecule has 132 valence electrons. The maximum atomic E-state index is 13.2. The summed E-state index contributed by atoms with van der Waals surface area (Å²) in [7, 11) is 0. The molecule has 2 aliphatic rings. The van der Waals surface area contributed by atoms with Gasteiger partial charge in [0.25, 0.3) is 0 Å². The van der Waals surface area contributed by atoms with Crippen molar-refractivity contribution in [3.05, 3.63) is 0 Å². The Morgan fingerprint density at radius 2 is 1.87 bits per heavy atom. The van der Waals surface area contributed by atoms with Gasteiger partial charge >= 0.3 is 5.97 Å². The van der Waals surface area contributed by atoms with E-state index in [9.17, 15) is 14.7 Å². The van der Waals surface area contributed by atoms with Gasteiger partial charge in [-0.25, -0.2) is 0 Å². The normalized spacial score (nSPS) is 37.3. The van der Waals surface area contributed by atoms with Crippen molar-refractivity contribution in [3.63, 3.8) is 0 Å². The van der Waals surface area contributed by atoms with E-state index >= 15 is 0 Å². The van der Waals surface area contributed by atoms with Crippen LogP contribution in [0.2, 0.25) is 0 Å². The van der Waals surface area contributed by atoms with Gasteiger partial charge in [-0.2, -0.15) is 0 Å². The molecule has 2 rings (SSSR count). The minimum absolute atomic E-state index is 0.0880. The summed E-state index contributed by atoms with van der Waals surface area (Å²) in [5.41, 5.74) is 0.435. The van der Waals surface area contributed by atoms with Crippen LogP contribution in [0.5, 0.6) is 0 Å². The molecule has 1 N–H and O–H groups in total. The predicted molar refractivity (Wildman–Crippen MR) is 92.2 cm³/mol. The number of hydrogen-bond acceptors (Lipinski definition) is 2. The van der Waals surface area contributed by atoms with E-state index in [0.29, 0.717) is 11.8 Å². The van der Waals surface area contributed by atoms with Crippen molar-refractivity contribution in [2.24, 2.45) is 34.5 Å². The van der Waals surface area contributed by atoms with Gasteiger partial charge in [0, 0.05) is 15.9 Å². The number of rotatable bonds is 4. The zero-order valence-corrected chi connectivity index (χ0v) is 15.0. The minimum Gasteiger partial charge on any atom is -0.481 e. The number of carbonyl (C=O) groups excluding carboxylic acids is 1. The molecule has 3 nitrogen and oxygen atoms in total. The lowest BCUT2D eigenvalue weighted by Crippen LogP contribution is -2.42. The van der Waals surface area contributed by atoms with Crippen molar-refractivity contribution in [2.45, 2.75) is 79.5 Å². The van der Waals surface area contributed by atoms with Crippen LogP contribution >= 0.6 is 0 Å². The van der Waals surface area contributed by atoms with Crippen molar-refractivity contribution in [1.82, 2.24) is 0 Å². The van der Waals surface area contributed by atoms with Crippen LogP contribution in [-0.4, -0.2) is 16.9 Å². The Morgan fingerprint density at radius 1 is 1.26 bits per heavy atom. The molecule has 2 fully saturated rings. The second-order valence-electron chi connectivity index (χ2n) is 9.16. The number of hydrogen-bond donors (Lipinski definition) is 1. The number of ketones is 1. The van der Waals surface area contributed by atoms with E-state index < -0.39 is 24.7 Å². The van der Waals surface area contributed by atoms with Crippen molar-refractivity contribution in [2.75, 3.05) is 0 Å². The molecule has 0 unspecified atom stereocenters. The van der Waals surface area contributed by atoms with Gasteiger partial charge in [0.2, 0.25) is 0 Å². The summed E-state index contributed by atoms with van der Waals surface area (Å²) in [5.74, 6) is -3.99. The molecule has 0 spiro atoms.